The molecule has 2 N–H and O–H groups in total. The lowest BCUT2D eigenvalue weighted by Gasteiger charge is -2.10. The molecule has 0 aliphatic heterocycles. The predicted molar refractivity (Wildman–Crippen MR) is 70.9 cm³/mol. The summed E-state index contributed by atoms with van der Waals surface area (Å²) in [6.07, 6.45) is 1.94. The van der Waals surface area contributed by atoms with Crippen molar-refractivity contribution in [2.45, 2.75) is 25.8 Å². The smallest absolute Gasteiger partial charge is 0.0128 e. The molecule has 2 rings (SSSR count). The third kappa shape index (κ3) is 3.19. The molecule has 0 saturated heterocycles. The molecule has 0 saturated carbocycles. The highest BCUT2D eigenvalue weighted by atomic mass is 32.1. The number of thiophene rings is 1. The lowest BCUT2D eigenvalue weighted by molar-refractivity contribution is 0.670. The van der Waals surface area contributed by atoms with Crippen LogP contribution in [0.15, 0.2) is 41.8 Å². The molecule has 1 aromatic heterocycles. The quantitative estimate of drug-likeness (QED) is 0.859. The predicted octanol–water partition coefficient (Wildman–Crippen LogP) is 3.17. The van der Waals surface area contributed by atoms with Crippen LogP contribution in [-0.2, 0) is 12.8 Å². The van der Waals surface area contributed by atoms with Gasteiger partial charge in [-0.15, -0.1) is 11.3 Å². The van der Waals surface area contributed by atoms with Gasteiger partial charge in [0, 0.05) is 10.9 Å². The summed E-state index contributed by atoms with van der Waals surface area (Å²) in [6.45, 7) is 2.12. The minimum Gasteiger partial charge on any atom is -0.327 e. The van der Waals surface area contributed by atoms with Gasteiger partial charge in [-0.05, 0) is 36.8 Å². The SMILES string of the molecule is Cc1cccc(CC(N)Cc2cccs2)c1. The third-order valence-electron chi connectivity index (χ3n) is 2.62. The van der Waals surface area contributed by atoms with Gasteiger partial charge in [0.1, 0.15) is 0 Å². The Kier molecular flexibility index (Phi) is 3.75. The van der Waals surface area contributed by atoms with E-state index in [1.165, 1.54) is 16.0 Å². The Hall–Kier alpha value is -1.12. The summed E-state index contributed by atoms with van der Waals surface area (Å²) in [5, 5.41) is 2.11. The van der Waals surface area contributed by atoms with E-state index in [9.17, 15) is 0 Å². The first-order valence-electron chi connectivity index (χ1n) is 5.57. The molecular weight excluding hydrogens is 214 g/mol. The zero-order valence-corrected chi connectivity index (χ0v) is 10.3. The van der Waals surface area contributed by atoms with Gasteiger partial charge in [0.25, 0.3) is 0 Å². The molecule has 1 atom stereocenters. The first kappa shape index (κ1) is 11.4. The van der Waals surface area contributed by atoms with Crippen molar-refractivity contribution in [2.24, 2.45) is 5.73 Å². The molecule has 16 heavy (non-hydrogen) atoms. The molecular formula is C14H17NS. The van der Waals surface area contributed by atoms with Crippen LogP contribution in [0.25, 0.3) is 0 Å². The van der Waals surface area contributed by atoms with Crippen LogP contribution in [-0.4, -0.2) is 6.04 Å². The van der Waals surface area contributed by atoms with Gasteiger partial charge in [0.15, 0.2) is 0 Å². The maximum absolute atomic E-state index is 6.15. The fraction of sp³-hybridized carbons (Fsp3) is 0.286. The van der Waals surface area contributed by atoms with Gasteiger partial charge in [-0.25, -0.2) is 0 Å². The van der Waals surface area contributed by atoms with E-state index in [1.54, 1.807) is 11.3 Å². The van der Waals surface area contributed by atoms with Gasteiger partial charge in [0.05, 0.1) is 0 Å². The largest absolute Gasteiger partial charge is 0.327 e. The van der Waals surface area contributed by atoms with Crippen LogP contribution in [0.4, 0.5) is 0 Å². The van der Waals surface area contributed by atoms with Crippen LogP contribution in [0, 0.1) is 6.92 Å². The van der Waals surface area contributed by atoms with Gasteiger partial charge in [-0.3, -0.25) is 0 Å². The lowest BCUT2D eigenvalue weighted by Crippen LogP contribution is -2.25. The summed E-state index contributed by atoms with van der Waals surface area (Å²) in [6, 6.07) is 13.0. The second kappa shape index (κ2) is 5.28. The zero-order chi connectivity index (χ0) is 11.4. The molecule has 0 spiro atoms. The van der Waals surface area contributed by atoms with Gasteiger partial charge >= 0.3 is 0 Å². The van der Waals surface area contributed by atoms with Crippen molar-refractivity contribution in [1.82, 2.24) is 0 Å². The fourth-order valence-corrected chi connectivity index (χ4v) is 2.70. The highest BCUT2D eigenvalue weighted by Crippen LogP contribution is 2.13. The maximum Gasteiger partial charge on any atom is 0.0128 e. The van der Waals surface area contributed by atoms with Crippen LogP contribution in [0.2, 0.25) is 0 Å². The van der Waals surface area contributed by atoms with Crippen LogP contribution in [0.5, 0.6) is 0 Å². The van der Waals surface area contributed by atoms with E-state index in [4.69, 9.17) is 5.73 Å². The van der Waals surface area contributed by atoms with Crippen molar-refractivity contribution < 1.29 is 0 Å². The number of hydrogen-bond donors (Lipinski definition) is 1. The second-order valence-corrected chi connectivity index (χ2v) is 5.27. The van der Waals surface area contributed by atoms with E-state index in [1.807, 2.05) is 0 Å². The van der Waals surface area contributed by atoms with E-state index >= 15 is 0 Å². The van der Waals surface area contributed by atoms with Crippen molar-refractivity contribution in [3.05, 3.63) is 57.8 Å². The van der Waals surface area contributed by atoms with E-state index in [2.05, 4.69) is 48.7 Å². The van der Waals surface area contributed by atoms with E-state index in [-0.39, 0.29) is 6.04 Å². The van der Waals surface area contributed by atoms with Gasteiger partial charge in [0.2, 0.25) is 0 Å². The van der Waals surface area contributed by atoms with Crippen LogP contribution in [0.3, 0.4) is 0 Å². The number of nitrogens with two attached hydrogens (primary N) is 1. The molecule has 1 nitrogen and oxygen atoms in total. The molecule has 1 unspecified atom stereocenters. The number of benzene rings is 1. The number of rotatable bonds is 4. The average molecular weight is 231 g/mol. The Morgan fingerprint density at radius 1 is 1.19 bits per heavy atom. The summed E-state index contributed by atoms with van der Waals surface area (Å²) in [7, 11) is 0. The summed E-state index contributed by atoms with van der Waals surface area (Å²) in [4.78, 5) is 1.38. The summed E-state index contributed by atoms with van der Waals surface area (Å²) >= 11 is 1.78. The summed E-state index contributed by atoms with van der Waals surface area (Å²) < 4.78 is 0. The van der Waals surface area contributed by atoms with Crippen molar-refractivity contribution in [3.8, 4) is 0 Å². The minimum atomic E-state index is 0.223. The lowest BCUT2D eigenvalue weighted by atomic mass is 10.0. The Bertz CT molecular complexity index is 434. The van der Waals surface area contributed by atoms with Crippen molar-refractivity contribution in [3.63, 3.8) is 0 Å². The van der Waals surface area contributed by atoms with Crippen molar-refractivity contribution in [1.29, 1.82) is 0 Å². The minimum absolute atomic E-state index is 0.223. The molecule has 1 aromatic carbocycles. The molecule has 0 aliphatic rings. The van der Waals surface area contributed by atoms with E-state index in [0.29, 0.717) is 0 Å². The van der Waals surface area contributed by atoms with Crippen LogP contribution >= 0.6 is 11.3 Å². The monoisotopic (exact) mass is 231 g/mol. The fourth-order valence-electron chi connectivity index (χ4n) is 1.90. The first-order valence-corrected chi connectivity index (χ1v) is 6.45. The highest BCUT2D eigenvalue weighted by molar-refractivity contribution is 7.09. The molecule has 84 valence electrons. The molecule has 1 heterocycles. The maximum atomic E-state index is 6.15. The summed E-state index contributed by atoms with van der Waals surface area (Å²) in [5.41, 5.74) is 8.80. The zero-order valence-electron chi connectivity index (χ0n) is 9.52. The molecule has 2 aromatic rings. The number of hydrogen-bond acceptors (Lipinski definition) is 2. The molecule has 0 radical (unpaired) electrons. The van der Waals surface area contributed by atoms with Crippen molar-refractivity contribution in [2.75, 3.05) is 0 Å². The topological polar surface area (TPSA) is 26.0 Å². The normalized spacial score (nSPS) is 12.6. The van der Waals surface area contributed by atoms with Crippen LogP contribution in [0.1, 0.15) is 16.0 Å². The molecule has 0 amide bonds. The Labute approximate surface area is 101 Å². The molecule has 2 heteroatoms. The Balaban J connectivity index is 1.94. The molecule has 0 aliphatic carbocycles. The Morgan fingerprint density at radius 3 is 2.75 bits per heavy atom. The standard InChI is InChI=1S/C14H17NS/c1-11-4-2-5-12(8-11)9-13(15)10-14-6-3-7-16-14/h2-8,13H,9-10,15H2,1H3. The first-order chi connectivity index (χ1) is 7.74. The van der Waals surface area contributed by atoms with E-state index in [0.717, 1.165) is 12.8 Å². The van der Waals surface area contributed by atoms with Crippen LogP contribution < -0.4 is 5.73 Å². The number of aryl methyl sites for hydroxylation is 1. The Morgan fingerprint density at radius 2 is 2.06 bits per heavy atom. The average Bonchev–Trinajstić information content (AvgIpc) is 2.70. The third-order valence-corrected chi connectivity index (χ3v) is 3.52. The van der Waals surface area contributed by atoms with Gasteiger partial charge in [-0.2, -0.15) is 0 Å². The molecule has 0 fully saturated rings. The second-order valence-electron chi connectivity index (χ2n) is 4.24. The van der Waals surface area contributed by atoms with Gasteiger partial charge in [-0.1, -0.05) is 35.9 Å². The molecule has 0 bridgehead atoms. The van der Waals surface area contributed by atoms with Crippen molar-refractivity contribution >= 4 is 11.3 Å². The summed E-state index contributed by atoms with van der Waals surface area (Å²) in [5.74, 6) is 0. The van der Waals surface area contributed by atoms with E-state index < -0.39 is 0 Å². The van der Waals surface area contributed by atoms with Gasteiger partial charge < -0.3 is 5.73 Å². The highest BCUT2D eigenvalue weighted by Gasteiger charge is 2.06.